The molecule has 1 heterocycles. The topological polar surface area (TPSA) is 86.8 Å². The van der Waals surface area contributed by atoms with Crippen LogP contribution >= 0.6 is 0 Å². The van der Waals surface area contributed by atoms with E-state index in [1.54, 1.807) is 0 Å². The molecule has 0 fully saturated rings. The maximum Gasteiger partial charge on any atom is 0.224 e. The number of aliphatic imine (C=N–C) groups is 2. The lowest BCUT2D eigenvalue weighted by Crippen LogP contribution is -2.61. The zero-order valence-electron chi connectivity index (χ0n) is 43.5. The summed E-state index contributed by atoms with van der Waals surface area (Å²) in [7, 11) is 0. The Morgan fingerprint density at radius 2 is 0.571 bits per heavy atom. The third kappa shape index (κ3) is 43.1. The normalized spacial score (nSPS) is 15.1. The molecular formula is C57H116N6. The van der Waals surface area contributed by atoms with Gasteiger partial charge in [-0.1, -0.05) is 310 Å². The van der Waals surface area contributed by atoms with Gasteiger partial charge in [0, 0.05) is 19.5 Å². The van der Waals surface area contributed by atoms with Gasteiger partial charge in [-0.2, -0.15) is 4.99 Å². The monoisotopic (exact) mass is 885 g/mol. The zero-order chi connectivity index (χ0) is 45.3. The molecule has 6 nitrogen and oxygen atoms in total. The number of hydrogen-bond acceptors (Lipinski definition) is 6. The van der Waals surface area contributed by atoms with Crippen molar-refractivity contribution in [1.82, 2.24) is 16.0 Å². The van der Waals surface area contributed by atoms with E-state index < -0.39 is 5.79 Å². The van der Waals surface area contributed by atoms with Gasteiger partial charge in [0.2, 0.25) is 11.9 Å². The predicted molar refractivity (Wildman–Crippen MR) is 284 cm³/mol. The van der Waals surface area contributed by atoms with Crippen LogP contribution in [0.25, 0.3) is 0 Å². The molecule has 6 heteroatoms. The summed E-state index contributed by atoms with van der Waals surface area (Å²) in [6, 6.07) is 0. The first-order valence-electron chi connectivity index (χ1n) is 29.4. The Labute approximate surface area is 396 Å². The van der Waals surface area contributed by atoms with Gasteiger partial charge >= 0.3 is 0 Å². The van der Waals surface area contributed by atoms with Crippen LogP contribution in [0.2, 0.25) is 0 Å². The fraction of sp³-hybridized carbons (Fsp3) is 0.965. The fourth-order valence-electron chi connectivity index (χ4n) is 9.56. The minimum atomic E-state index is -0.786. The van der Waals surface area contributed by atoms with E-state index in [9.17, 15) is 0 Å². The van der Waals surface area contributed by atoms with Crippen LogP contribution in [0.1, 0.15) is 335 Å². The molecule has 63 heavy (non-hydrogen) atoms. The van der Waals surface area contributed by atoms with Crippen molar-refractivity contribution in [3.05, 3.63) is 0 Å². The van der Waals surface area contributed by atoms with Crippen LogP contribution in [0.15, 0.2) is 9.98 Å². The minimum absolute atomic E-state index is 0.711. The van der Waals surface area contributed by atoms with Crippen LogP contribution in [0.4, 0.5) is 0 Å². The first-order chi connectivity index (χ1) is 31.1. The smallest absolute Gasteiger partial charge is 0.224 e. The molecule has 0 saturated carbocycles. The quantitative estimate of drug-likeness (QED) is 0.0458. The SMILES string of the molecule is CCCCCCCCCCCCCCCCCCNC1=NC(N)(CCCCCCCCCCCCCCCCCC)NC(NCCCCCCCCCCCCCCCCCC)=N1. The summed E-state index contributed by atoms with van der Waals surface area (Å²) in [5, 5.41) is 10.7. The average molecular weight is 886 g/mol. The third-order valence-corrected chi connectivity index (χ3v) is 13.9. The van der Waals surface area contributed by atoms with Crippen LogP contribution in [0, 0.1) is 0 Å². The summed E-state index contributed by atoms with van der Waals surface area (Å²) in [5.74, 6) is 0.730. The molecule has 1 aliphatic rings. The molecule has 1 unspecified atom stereocenters. The van der Waals surface area contributed by atoms with Crippen LogP contribution < -0.4 is 21.7 Å². The summed E-state index contributed by atoms with van der Waals surface area (Å²) in [6.45, 7) is 8.77. The molecule has 5 N–H and O–H groups in total. The maximum atomic E-state index is 6.97. The standard InChI is InChI=1S/C57H116N6/c1-4-7-10-13-16-19-22-25-28-31-34-37-40-43-46-49-52-57(58)62-55(59-53-50-47-44-41-38-35-32-29-26-23-20-17-14-11-8-5-2)61-56(63-57)60-54-51-48-45-42-39-36-33-30-27-24-21-18-15-12-9-6-3/h4-54,58H2,1-3H3,(H3,59,60,61,62,63). The van der Waals surface area contributed by atoms with E-state index >= 15 is 0 Å². The Bertz CT molecular complexity index is 966. The van der Waals surface area contributed by atoms with Crippen molar-refractivity contribution in [2.24, 2.45) is 15.7 Å². The second-order valence-electron chi connectivity index (χ2n) is 20.5. The third-order valence-electron chi connectivity index (χ3n) is 13.9. The lowest BCUT2D eigenvalue weighted by molar-refractivity contribution is 0.352. The molecule has 0 bridgehead atoms. The first kappa shape index (κ1) is 59.7. The molecule has 0 aromatic heterocycles. The maximum absolute atomic E-state index is 6.97. The highest BCUT2D eigenvalue weighted by Crippen LogP contribution is 2.19. The van der Waals surface area contributed by atoms with Crippen LogP contribution in [-0.4, -0.2) is 30.8 Å². The molecule has 1 atom stereocenters. The Hall–Kier alpha value is -1.30. The molecule has 0 aromatic rings. The number of guanidine groups is 2. The van der Waals surface area contributed by atoms with Crippen LogP contribution in [-0.2, 0) is 0 Å². The predicted octanol–water partition coefficient (Wildman–Crippen LogP) is 18.3. The van der Waals surface area contributed by atoms with Gasteiger partial charge in [0.1, 0.15) is 0 Å². The summed E-state index contributed by atoms with van der Waals surface area (Å²) in [5.41, 5.74) is 6.97. The molecule has 374 valence electrons. The van der Waals surface area contributed by atoms with Crippen molar-refractivity contribution in [2.75, 3.05) is 13.1 Å². The highest BCUT2D eigenvalue weighted by molar-refractivity contribution is 5.97. The molecule has 1 rings (SSSR count). The number of nitrogens with one attached hydrogen (secondary N) is 3. The van der Waals surface area contributed by atoms with Crippen LogP contribution in [0.5, 0.6) is 0 Å². The molecule has 0 aromatic carbocycles. The van der Waals surface area contributed by atoms with Crippen molar-refractivity contribution >= 4 is 11.9 Å². The highest BCUT2D eigenvalue weighted by Gasteiger charge is 2.29. The van der Waals surface area contributed by atoms with Crippen LogP contribution in [0.3, 0.4) is 0 Å². The lowest BCUT2D eigenvalue weighted by Gasteiger charge is -2.32. The Balaban J connectivity index is 2.28. The van der Waals surface area contributed by atoms with Gasteiger partial charge in [-0.3, -0.25) is 5.73 Å². The number of nitrogens with zero attached hydrogens (tertiary/aromatic N) is 2. The molecule has 0 aliphatic carbocycles. The second kappa shape index (κ2) is 48.6. The number of hydrogen-bond donors (Lipinski definition) is 4. The van der Waals surface area contributed by atoms with Gasteiger partial charge in [-0.15, -0.1) is 0 Å². The molecule has 0 amide bonds. The van der Waals surface area contributed by atoms with Gasteiger partial charge in [0.25, 0.3) is 0 Å². The lowest BCUT2D eigenvalue weighted by atomic mass is 10.0. The van der Waals surface area contributed by atoms with Crippen molar-refractivity contribution in [3.8, 4) is 0 Å². The van der Waals surface area contributed by atoms with E-state index in [0.29, 0.717) is 5.96 Å². The Morgan fingerprint density at radius 1 is 0.333 bits per heavy atom. The van der Waals surface area contributed by atoms with Gasteiger partial charge in [0.15, 0.2) is 5.79 Å². The van der Waals surface area contributed by atoms with Gasteiger partial charge in [-0.25, -0.2) is 4.99 Å². The number of nitrogens with two attached hydrogens (primary N) is 1. The van der Waals surface area contributed by atoms with E-state index in [2.05, 4.69) is 36.7 Å². The van der Waals surface area contributed by atoms with Gasteiger partial charge in [-0.05, 0) is 19.3 Å². The van der Waals surface area contributed by atoms with Gasteiger partial charge < -0.3 is 16.0 Å². The molecule has 1 aliphatic heterocycles. The van der Waals surface area contributed by atoms with Crippen molar-refractivity contribution in [3.63, 3.8) is 0 Å². The average Bonchev–Trinajstić information content (AvgIpc) is 3.28. The highest BCUT2D eigenvalue weighted by atomic mass is 15.4. The second-order valence-corrected chi connectivity index (χ2v) is 20.5. The Morgan fingerprint density at radius 3 is 0.857 bits per heavy atom. The zero-order valence-corrected chi connectivity index (χ0v) is 43.5. The van der Waals surface area contributed by atoms with E-state index in [1.807, 2.05) is 0 Å². The first-order valence-corrected chi connectivity index (χ1v) is 29.4. The van der Waals surface area contributed by atoms with Crippen molar-refractivity contribution < 1.29 is 0 Å². The van der Waals surface area contributed by atoms with E-state index in [1.165, 1.54) is 302 Å². The summed E-state index contributed by atoms with van der Waals surface area (Å²) in [6.07, 6.45) is 67.6. The minimum Gasteiger partial charge on any atom is -0.356 e. The summed E-state index contributed by atoms with van der Waals surface area (Å²) < 4.78 is 0. The molecule has 0 saturated heterocycles. The Kier molecular flexibility index (Phi) is 46.1. The largest absolute Gasteiger partial charge is 0.356 e. The molecular weight excluding hydrogens is 769 g/mol. The summed E-state index contributed by atoms with van der Waals surface area (Å²) in [4.78, 5) is 9.83. The van der Waals surface area contributed by atoms with Crippen molar-refractivity contribution in [1.29, 1.82) is 0 Å². The number of unbranched alkanes of at least 4 members (excludes halogenated alkanes) is 45. The van der Waals surface area contributed by atoms with Crippen molar-refractivity contribution in [2.45, 2.75) is 341 Å². The summed E-state index contributed by atoms with van der Waals surface area (Å²) >= 11 is 0. The van der Waals surface area contributed by atoms with E-state index in [4.69, 9.17) is 15.7 Å². The molecule has 0 radical (unpaired) electrons. The van der Waals surface area contributed by atoms with E-state index in [0.717, 1.165) is 31.9 Å². The van der Waals surface area contributed by atoms with E-state index in [-0.39, 0.29) is 0 Å². The fourth-order valence-corrected chi connectivity index (χ4v) is 9.56. The molecule has 0 spiro atoms. The van der Waals surface area contributed by atoms with Gasteiger partial charge in [0.05, 0.1) is 0 Å². The number of rotatable bonds is 51.